The van der Waals surface area contributed by atoms with Crippen LogP contribution in [-0.2, 0) is 0 Å². The summed E-state index contributed by atoms with van der Waals surface area (Å²) in [4.78, 5) is 17.9. The van der Waals surface area contributed by atoms with Crippen molar-refractivity contribution in [2.24, 2.45) is 0 Å². The maximum absolute atomic E-state index is 11.3. The molecule has 0 aliphatic heterocycles. The summed E-state index contributed by atoms with van der Waals surface area (Å²) in [5.74, 6) is 0.761. The normalized spacial score (nSPS) is 12.6. The van der Waals surface area contributed by atoms with E-state index >= 15 is 0 Å². The molecule has 0 bridgehead atoms. The van der Waals surface area contributed by atoms with Crippen molar-refractivity contribution in [3.63, 3.8) is 0 Å². The average molecular weight is 245 g/mol. The van der Waals surface area contributed by atoms with Gasteiger partial charge in [0.15, 0.2) is 12.1 Å². The molecule has 2 aromatic rings. The Morgan fingerprint density at radius 3 is 2.94 bits per heavy atom. The first-order valence-corrected chi connectivity index (χ1v) is 6.34. The number of aromatic nitrogens is 2. The van der Waals surface area contributed by atoms with Gasteiger partial charge in [-0.3, -0.25) is 9.20 Å². The number of anilines is 1. The van der Waals surface area contributed by atoms with E-state index in [9.17, 15) is 4.79 Å². The van der Waals surface area contributed by atoms with Gasteiger partial charge < -0.3 is 4.90 Å². The van der Waals surface area contributed by atoms with E-state index in [1.807, 2.05) is 35.8 Å². The zero-order valence-electron chi connectivity index (χ0n) is 11.1. The van der Waals surface area contributed by atoms with Crippen LogP contribution >= 0.6 is 0 Å². The minimum atomic E-state index is 0.374. The maximum atomic E-state index is 11.3. The van der Waals surface area contributed by atoms with Gasteiger partial charge in [0, 0.05) is 19.3 Å². The highest BCUT2D eigenvalue weighted by molar-refractivity contribution is 5.83. The van der Waals surface area contributed by atoms with E-state index in [-0.39, 0.29) is 0 Å². The molecule has 0 radical (unpaired) electrons. The minimum absolute atomic E-state index is 0.374. The summed E-state index contributed by atoms with van der Waals surface area (Å²) >= 11 is 0. The third-order valence-electron chi connectivity index (χ3n) is 3.36. The van der Waals surface area contributed by atoms with Crippen LogP contribution in [0.3, 0.4) is 0 Å². The quantitative estimate of drug-likeness (QED) is 0.760. The monoisotopic (exact) mass is 245 g/mol. The maximum Gasteiger partial charge on any atom is 0.170 e. The second-order valence-electron chi connectivity index (χ2n) is 4.62. The number of hydrogen-bond donors (Lipinski definition) is 0. The van der Waals surface area contributed by atoms with Crippen molar-refractivity contribution in [1.29, 1.82) is 0 Å². The Hall–Kier alpha value is -1.84. The number of hydrogen-bond acceptors (Lipinski definition) is 3. The number of fused-ring (bicyclic) bond motifs is 1. The van der Waals surface area contributed by atoms with Gasteiger partial charge in [-0.05, 0) is 25.5 Å². The fourth-order valence-corrected chi connectivity index (χ4v) is 2.19. The van der Waals surface area contributed by atoms with Gasteiger partial charge in [-0.25, -0.2) is 4.98 Å². The summed E-state index contributed by atoms with van der Waals surface area (Å²) in [6.07, 6.45) is 4.95. The van der Waals surface area contributed by atoms with Crippen LogP contribution in [0.4, 0.5) is 5.82 Å². The van der Waals surface area contributed by atoms with Gasteiger partial charge in [0.2, 0.25) is 0 Å². The Kier molecular flexibility index (Phi) is 3.65. The topological polar surface area (TPSA) is 37.6 Å². The van der Waals surface area contributed by atoms with Gasteiger partial charge in [-0.2, -0.15) is 0 Å². The van der Waals surface area contributed by atoms with Crippen molar-refractivity contribution in [3.8, 4) is 0 Å². The van der Waals surface area contributed by atoms with Crippen LogP contribution in [0.1, 0.15) is 37.2 Å². The summed E-state index contributed by atoms with van der Waals surface area (Å²) in [5.41, 5.74) is 1.43. The van der Waals surface area contributed by atoms with Crippen molar-refractivity contribution in [2.45, 2.75) is 32.7 Å². The van der Waals surface area contributed by atoms with Gasteiger partial charge in [0.1, 0.15) is 11.3 Å². The van der Waals surface area contributed by atoms with Crippen LogP contribution in [0, 0.1) is 0 Å². The van der Waals surface area contributed by atoms with Crippen molar-refractivity contribution < 1.29 is 4.79 Å². The second kappa shape index (κ2) is 5.21. The Labute approximate surface area is 107 Å². The standard InChI is InChI=1S/C14H19N3O/c1-4-7-11(2)16(3)14-12(10-18)17-9-6-5-8-13(17)15-14/h5-6,8-11H,4,7H2,1-3H3. The highest BCUT2D eigenvalue weighted by atomic mass is 16.1. The first kappa shape index (κ1) is 12.6. The Balaban J connectivity index is 2.46. The lowest BCUT2D eigenvalue weighted by Crippen LogP contribution is -2.29. The fraction of sp³-hybridized carbons (Fsp3) is 0.429. The summed E-state index contributed by atoms with van der Waals surface area (Å²) in [6, 6.07) is 6.12. The molecular formula is C14H19N3O. The Bertz CT molecular complexity index is 547. The molecule has 4 nitrogen and oxygen atoms in total. The molecule has 0 aliphatic carbocycles. The van der Waals surface area contributed by atoms with Crippen LogP contribution in [0.2, 0.25) is 0 Å². The molecule has 0 saturated heterocycles. The zero-order chi connectivity index (χ0) is 13.1. The summed E-state index contributed by atoms with van der Waals surface area (Å²) in [6.45, 7) is 4.32. The molecule has 2 heterocycles. The largest absolute Gasteiger partial charge is 0.355 e. The number of pyridine rings is 1. The Morgan fingerprint density at radius 1 is 1.50 bits per heavy atom. The lowest BCUT2D eigenvalue weighted by atomic mass is 10.2. The van der Waals surface area contributed by atoms with Gasteiger partial charge in [-0.1, -0.05) is 19.4 Å². The lowest BCUT2D eigenvalue weighted by molar-refractivity contribution is 0.111. The number of aldehydes is 1. The third-order valence-corrected chi connectivity index (χ3v) is 3.36. The highest BCUT2D eigenvalue weighted by Crippen LogP contribution is 2.22. The van der Waals surface area contributed by atoms with Crippen molar-refractivity contribution >= 4 is 17.8 Å². The van der Waals surface area contributed by atoms with Crippen LogP contribution in [0.25, 0.3) is 5.65 Å². The molecule has 96 valence electrons. The highest BCUT2D eigenvalue weighted by Gasteiger charge is 2.18. The second-order valence-corrected chi connectivity index (χ2v) is 4.62. The van der Waals surface area contributed by atoms with E-state index in [1.54, 1.807) is 0 Å². The summed E-state index contributed by atoms with van der Waals surface area (Å²) in [7, 11) is 2.00. The minimum Gasteiger partial charge on any atom is -0.355 e. The van der Waals surface area contributed by atoms with Crippen molar-refractivity contribution in [2.75, 3.05) is 11.9 Å². The van der Waals surface area contributed by atoms with Gasteiger partial charge >= 0.3 is 0 Å². The van der Waals surface area contributed by atoms with Crippen molar-refractivity contribution in [3.05, 3.63) is 30.1 Å². The molecule has 1 unspecified atom stereocenters. The number of carbonyl (C=O) groups excluding carboxylic acids is 1. The number of imidazole rings is 1. The third kappa shape index (κ3) is 2.10. The van der Waals surface area contributed by atoms with E-state index in [0.717, 1.165) is 30.6 Å². The summed E-state index contributed by atoms with van der Waals surface area (Å²) < 4.78 is 1.83. The number of rotatable bonds is 5. The van der Waals surface area contributed by atoms with Crippen LogP contribution in [-0.4, -0.2) is 28.8 Å². The van der Waals surface area contributed by atoms with E-state index in [1.165, 1.54) is 0 Å². The molecule has 18 heavy (non-hydrogen) atoms. The first-order chi connectivity index (χ1) is 8.69. The smallest absolute Gasteiger partial charge is 0.170 e. The molecule has 0 aliphatic rings. The molecule has 0 N–H and O–H groups in total. The molecular weight excluding hydrogens is 226 g/mol. The molecule has 0 aromatic carbocycles. The lowest BCUT2D eigenvalue weighted by Gasteiger charge is -2.24. The van der Waals surface area contributed by atoms with Crippen LogP contribution < -0.4 is 4.90 Å². The average Bonchev–Trinajstić information content (AvgIpc) is 2.76. The molecule has 0 spiro atoms. The van der Waals surface area contributed by atoms with Crippen LogP contribution in [0.5, 0.6) is 0 Å². The summed E-state index contributed by atoms with van der Waals surface area (Å²) in [5, 5.41) is 0. The predicted molar refractivity (Wildman–Crippen MR) is 73.4 cm³/mol. The fourth-order valence-electron chi connectivity index (χ4n) is 2.19. The predicted octanol–water partition coefficient (Wildman–Crippen LogP) is 2.77. The SMILES string of the molecule is CCCC(C)N(C)c1nc2ccccn2c1C=O. The molecule has 1 atom stereocenters. The molecule has 0 amide bonds. The Morgan fingerprint density at radius 2 is 2.28 bits per heavy atom. The van der Waals surface area contributed by atoms with Gasteiger partial charge in [0.25, 0.3) is 0 Å². The number of carbonyl (C=O) groups is 1. The van der Waals surface area contributed by atoms with Gasteiger partial charge in [-0.15, -0.1) is 0 Å². The van der Waals surface area contributed by atoms with E-state index in [0.29, 0.717) is 11.7 Å². The van der Waals surface area contributed by atoms with Crippen molar-refractivity contribution in [1.82, 2.24) is 9.38 Å². The molecule has 2 rings (SSSR count). The zero-order valence-corrected chi connectivity index (χ0v) is 11.1. The molecule has 0 saturated carbocycles. The van der Waals surface area contributed by atoms with Gasteiger partial charge in [0.05, 0.1) is 0 Å². The number of nitrogens with zero attached hydrogens (tertiary/aromatic N) is 3. The first-order valence-electron chi connectivity index (χ1n) is 6.34. The molecule has 2 aromatic heterocycles. The van der Waals surface area contributed by atoms with E-state index < -0.39 is 0 Å². The van der Waals surface area contributed by atoms with E-state index in [2.05, 4.69) is 23.7 Å². The van der Waals surface area contributed by atoms with E-state index in [4.69, 9.17) is 0 Å². The molecule has 4 heteroatoms. The van der Waals surface area contributed by atoms with Crippen LogP contribution in [0.15, 0.2) is 24.4 Å². The molecule has 0 fully saturated rings.